The van der Waals surface area contributed by atoms with Crippen molar-refractivity contribution in [2.45, 2.75) is 6.42 Å². The lowest BCUT2D eigenvalue weighted by molar-refractivity contribution is 0.111. The molecule has 13 heavy (non-hydrogen) atoms. The molecule has 0 aliphatic heterocycles. The first kappa shape index (κ1) is 9.99. The summed E-state index contributed by atoms with van der Waals surface area (Å²) in [5.74, 6) is 0.844. The van der Waals surface area contributed by atoms with Gasteiger partial charge in [-0.1, -0.05) is 18.2 Å². The van der Waals surface area contributed by atoms with Crippen molar-refractivity contribution in [3.63, 3.8) is 0 Å². The molecule has 1 heterocycles. The summed E-state index contributed by atoms with van der Waals surface area (Å²) in [5, 5.41) is 0. The molecule has 0 atom stereocenters. The van der Waals surface area contributed by atoms with Crippen LogP contribution in [0.2, 0.25) is 0 Å². The van der Waals surface area contributed by atoms with Crippen LogP contribution in [0, 0.1) is 0 Å². The zero-order valence-electron chi connectivity index (χ0n) is 7.18. The molecule has 0 unspecified atom stereocenters. The Labute approximate surface area is 83.1 Å². The SMILES string of the molecule is O=Cc1ccc(C=CCCS)cn1. The van der Waals surface area contributed by atoms with E-state index in [0.717, 1.165) is 24.0 Å². The van der Waals surface area contributed by atoms with E-state index in [1.165, 1.54) is 0 Å². The minimum absolute atomic E-state index is 0.464. The predicted octanol–water partition coefficient (Wildman–Crippen LogP) is 2.23. The van der Waals surface area contributed by atoms with Crippen molar-refractivity contribution < 1.29 is 4.79 Å². The monoisotopic (exact) mass is 193 g/mol. The predicted molar refractivity (Wildman–Crippen MR) is 57.1 cm³/mol. The molecule has 1 aromatic heterocycles. The molecule has 0 saturated heterocycles. The van der Waals surface area contributed by atoms with E-state index in [9.17, 15) is 4.79 Å². The fraction of sp³-hybridized carbons (Fsp3) is 0.200. The number of allylic oxidation sites excluding steroid dienone is 1. The summed E-state index contributed by atoms with van der Waals surface area (Å²) < 4.78 is 0. The van der Waals surface area contributed by atoms with Crippen LogP contribution in [0.1, 0.15) is 22.5 Å². The lowest BCUT2D eigenvalue weighted by Crippen LogP contribution is -1.85. The lowest BCUT2D eigenvalue weighted by atomic mass is 10.2. The Morgan fingerprint density at radius 1 is 1.46 bits per heavy atom. The number of aromatic nitrogens is 1. The first-order chi connectivity index (χ1) is 6.36. The molecule has 0 bridgehead atoms. The number of hydrogen-bond acceptors (Lipinski definition) is 3. The van der Waals surface area contributed by atoms with Crippen LogP contribution in [0.25, 0.3) is 6.08 Å². The van der Waals surface area contributed by atoms with Gasteiger partial charge in [0.2, 0.25) is 0 Å². The molecule has 0 saturated carbocycles. The minimum Gasteiger partial charge on any atom is -0.296 e. The summed E-state index contributed by atoms with van der Waals surface area (Å²) in [6.07, 6.45) is 7.36. The third-order valence-corrected chi connectivity index (χ3v) is 1.79. The first-order valence-corrected chi connectivity index (χ1v) is 4.68. The molecule has 3 heteroatoms. The van der Waals surface area contributed by atoms with Crippen molar-refractivity contribution in [1.82, 2.24) is 4.98 Å². The summed E-state index contributed by atoms with van der Waals surface area (Å²) >= 11 is 4.09. The third kappa shape index (κ3) is 3.42. The second kappa shape index (κ2) is 5.54. The molecule has 68 valence electrons. The van der Waals surface area contributed by atoms with Gasteiger partial charge in [-0.3, -0.25) is 9.78 Å². The molecule has 1 aromatic rings. The van der Waals surface area contributed by atoms with Crippen molar-refractivity contribution in [2.24, 2.45) is 0 Å². The summed E-state index contributed by atoms with van der Waals surface area (Å²) in [5.41, 5.74) is 1.47. The molecule has 0 aliphatic carbocycles. The van der Waals surface area contributed by atoms with Crippen LogP contribution in [0.3, 0.4) is 0 Å². The fourth-order valence-electron chi connectivity index (χ4n) is 0.879. The zero-order valence-corrected chi connectivity index (χ0v) is 8.08. The highest BCUT2D eigenvalue weighted by Gasteiger charge is 1.89. The van der Waals surface area contributed by atoms with Crippen LogP contribution in [-0.2, 0) is 0 Å². The van der Waals surface area contributed by atoms with E-state index < -0.39 is 0 Å². The average molecular weight is 193 g/mol. The van der Waals surface area contributed by atoms with Crippen LogP contribution in [0.4, 0.5) is 0 Å². The fourth-order valence-corrected chi connectivity index (χ4v) is 1.03. The molecule has 0 aliphatic rings. The molecule has 0 spiro atoms. The molecule has 1 rings (SSSR count). The lowest BCUT2D eigenvalue weighted by Gasteiger charge is -1.92. The van der Waals surface area contributed by atoms with Gasteiger partial charge in [0.05, 0.1) is 0 Å². The number of thiol groups is 1. The van der Waals surface area contributed by atoms with Gasteiger partial charge in [0.15, 0.2) is 6.29 Å². The smallest absolute Gasteiger partial charge is 0.168 e. The van der Waals surface area contributed by atoms with Crippen molar-refractivity contribution in [3.8, 4) is 0 Å². The summed E-state index contributed by atoms with van der Waals surface area (Å²) in [6.45, 7) is 0. The van der Waals surface area contributed by atoms with E-state index in [0.29, 0.717) is 5.69 Å². The van der Waals surface area contributed by atoms with Gasteiger partial charge in [-0.15, -0.1) is 0 Å². The number of aldehydes is 1. The van der Waals surface area contributed by atoms with Crippen LogP contribution in [0.15, 0.2) is 24.4 Å². The Hall–Kier alpha value is -1.09. The number of pyridine rings is 1. The molecular formula is C10H11NOS. The van der Waals surface area contributed by atoms with E-state index in [1.54, 1.807) is 12.3 Å². The van der Waals surface area contributed by atoms with Crippen molar-refractivity contribution >= 4 is 25.0 Å². The Kier molecular flexibility index (Phi) is 4.26. The van der Waals surface area contributed by atoms with Crippen molar-refractivity contribution in [2.75, 3.05) is 5.75 Å². The Bertz CT molecular complexity index is 292. The van der Waals surface area contributed by atoms with Gasteiger partial charge in [-0.05, 0) is 23.8 Å². The number of carbonyl (C=O) groups is 1. The second-order valence-corrected chi connectivity index (χ2v) is 3.00. The number of carbonyl (C=O) groups excluding carboxylic acids is 1. The summed E-state index contributed by atoms with van der Waals surface area (Å²) in [7, 11) is 0. The Morgan fingerprint density at radius 3 is 2.85 bits per heavy atom. The standard InChI is InChI=1S/C10H11NOS/c12-8-10-5-4-9(7-11-10)3-1-2-6-13/h1,3-5,7-8,13H,2,6H2. The Morgan fingerprint density at radius 2 is 2.31 bits per heavy atom. The van der Waals surface area contributed by atoms with Gasteiger partial charge in [-0.25, -0.2) is 0 Å². The topological polar surface area (TPSA) is 30.0 Å². The van der Waals surface area contributed by atoms with Crippen LogP contribution >= 0.6 is 12.6 Å². The van der Waals surface area contributed by atoms with Gasteiger partial charge in [0.1, 0.15) is 5.69 Å². The highest BCUT2D eigenvalue weighted by atomic mass is 32.1. The highest BCUT2D eigenvalue weighted by Crippen LogP contribution is 2.02. The van der Waals surface area contributed by atoms with Crippen LogP contribution in [-0.4, -0.2) is 17.0 Å². The van der Waals surface area contributed by atoms with Gasteiger partial charge in [0, 0.05) is 6.20 Å². The van der Waals surface area contributed by atoms with Crippen molar-refractivity contribution in [3.05, 3.63) is 35.7 Å². The summed E-state index contributed by atoms with van der Waals surface area (Å²) in [4.78, 5) is 14.2. The maximum atomic E-state index is 10.3. The zero-order chi connectivity index (χ0) is 9.52. The van der Waals surface area contributed by atoms with Gasteiger partial charge < -0.3 is 0 Å². The summed E-state index contributed by atoms with van der Waals surface area (Å²) in [6, 6.07) is 3.57. The maximum Gasteiger partial charge on any atom is 0.168 e. The van der Waals surface area contributed by atoms with Crippen LogP contribution < -0.4 is 0 Å². The average Bonchev–Trinajstić information content (AvgIpc) is 2.19. The van der Waals surface area contributed by atoms with Gasteiger partial charge in [0.25, 0.3) is 0 Å². The number of rotatable bonds is 4. The molecular weight excluding hydrogens is 182 g/mol. The quantitative estimate of drug-likeness (QED) is 0.587. The number of nitrogens with zero attached hydrogens (tertiary/aromatic N) is 1. The largest absolute Gasteiger partial charge is 0.296 e. The first-order valence-electron chi connectivity index (χ1n) is 4.05. The molecule has 0 amide bonds. The van der Waals surface area contributed by atoms with Crippen LogP contribution in [0.5, 0.6) is 0 Å². The second-order valence-electron chi connectivity index (χ2n) is 2.55. The molecule has 0 fully saturated rings. The van der Waals surface area contributed by atoms with Gasteiger partial charge in [-0.2, -0.15) is 12.6 Å². The van der Waals surface area contributed by atoms with E-state index in [2.05, 4.69) is 17.6 Å². The molecule has 2 nitrogen and oxygen atoms in total. The van der Waals surface area contributed by atoms with E-state index in [-0.39, 0.29) is 0 Å². The third-order valence-electron chi connectivity index (χ3n) is 1.54. The highest BCUT2D eigenvalue weighted by molar-refractivity contribution is 7.80. The molecule has 0 radical (unpaired) electrons. The van der Waals surface area contributed by atoms with E-state index in [1.807, 2.05) is 18.2 Å². The van der Waals surface area contributed by atoms with Gasteiger partial charge >= 0.3 is 0 Å². The van der Waals surface area contributed by atoms with E-state index in [4.69, 9.17) is 0 Å². The normalized spacial score (nSPS) is 10.5. The van der Waals surface area contributed by atoms with Crippen molar-refractivity contribution in [1.29, 1.82) is 0 Å². The minimum atomic E-state index is 0.464. The number of hydrogen-bond donors (Lipinski definition) is 1. The Balaban J connectivity index is 2.63. The molecule has 0 N–H and O–H groups in total. The maximum absolute atomic E-state index is 10.3. The van der Waals surface area contributed by atoms with E-state index >= 15 is 0 Å². The molecule has 0 aromatic carbocycles.